The zero-order valence-electron chi connectivity index (χ0n) is 12.2. The zero-order chi connectivity index (χ0) is 15.9. The first kappa shape index (κ1) is 15.6. The second-order valence-corrected chi connectivity index (χ2v) is 5.03. The van der Waals surface area contributed by atoms with Crippen molar-refractivity contribution >= 4 is 28.7 Å². The summed E-state index contributed by atoms with van der Waals surface area (Å²) >= 11 is 1.42. The number of nitrogens with one attached hydrogen (secondary N) is 1. The van der Waals surface area contributed by atoms with Crippen LogP contribution in [0.1, 0.15) is 12.5 Å². The van der Waals surface area contributed by atoms with E-state index >= 15 is 0 Å². The number of hydrogen-bond acceptors (Lipinski definition) is 7. The summed E-state index contributed by atoms with van der Waals surface area (Å²) in [5.74, 6) is 0.565. The van der Waals surface area contributed by atoms with Gasteiger partial charge in [0.15, 0.2) is 0 Å². The summed E-state index contributed by atoms with van der Waals surface area (Å²) in [4.78, 5) is 4.34. The van der Waals surface area contributed by atoms with Gasteiger partial charge in [-0.05, 0) is 31.4 Å². The smallest absolute Gasteiger partial charge is 0.150 e. The lowest BCUT2D eigenvalue weighted by Gasteiger charge is -2.26. The van der Waals surface area contributed by atoms with Crippen LogP contribution in [0.4, 0.5) is 5.69 Å². The molecule has 1 aromatic carbocycles. The lowest BCUT2D eigenvalue weighted by molar-refractivity contribution is 0.377. The van der Waals surface area contributed by atoms with Crippen LogP contribution in [0.3, 0.4) is 0 Å². The third kappa shape index (κ3) is 3.27. The van der Waals surface area contributed by atoms with E-state index in [4.69, 9.17) is 5.26 Å². The molecule has 1 N–H and O–H groups in total. The van der Waals surface area contributed by atoms with Gasteiger partial charge in [-0.25, -0.2) is 5.01 Å². The third-order valence-electron chi connectivity index (χ3n) is 2.87. The monoisotopic (exact) mass is 310 g/mol. The first-order chi connectivity index (χ1) is 10.7. The SMILES string of the molecule is C/C=N\N1CN=C(SC)C(C#N)=C1Nc1cccc(C#N)c1. The molecule has 2 rings (SSSR count). The van der Waals surface area contributed by atoms with E-state index in [1.165, 1.54) is 11.8 Å². The average Bonchev–Trinajstić information content (AvgIpc) is 2.56. The second kappa shape index (κ2) is 7.30. The molecule has 0 aromatic heterocycles. The Labute approximate surface area is 133 Å². The Hall–Kier alpha value is -2.77. The van der Waals surface area contributed by atoms with Gasteiger partial charge in [0.2, 0.25) is 0 Å². The molecule has 1 aliphatic heterocycles. The van der Waals surface area contributed by atoms with Gasteiger partial charge in [0.05, 0.1) is 11.6 Å². The lowest BCUT2D eigenvalue weighted by atomic mass is 10.2. The maximum atomic E-state index is 9.45. The summed E-state index contributed by atoms with van der Waals surface area (Å²) in [6.07, 6.45) is 3.52. The fraction of sp³-hybridized carbons (Fsp3) is 0.200. The van der Waals surface area contributed by atoms with Crippen LogP contribution >= 0.6 is 11.8 Å². The van der Waals surface area contributed by atoms with Gasteiger partial charge < -0.3 is 5.32 Å². The normalized spacial score (nSPS) is 14.5. The molecule has 22 heavy (non-hydrogen) atoms. The van der Waals surface area contributed by atoms with Crippen molar-refractivity contribution in [2.45, 2.75) is 6.92 Å². The van der Waals surface area contributed by atoms with Crippen molar-refractivity contribution in [1.29, 1.82) is 10.5 Å². The maximum Gasteiger partial charge on any atom is 0.150 e. The molecule has 1 aliphatic rings. The quantitative estimate of drug-likeness (QED) is 0.867. The number of nitrogens with zero attached hydrogens (tertiary/aromatic N) is 5. The third-order valence-corrected chi connectivity index (χ3v) is 3.59. The minimum atomic E-state index is 0.339. The van der Waals surface area contributed by atoms with Crippen molar-refractivity contribution < 1.29 is 0 Å². The van der Waals surface area contributed by atoms with Crippen LogP contribution in [0.25, 0.3) is 0 Å². The molecular formula is C15H14N6S. The van der Waals surface area contributed by atoms with E-state index in [0.29, 0.717) is 28.7 Å². The van der Waals surface area contributed by atoms with Crippen molar-refractivity contribution in [2.75, 3.05) is 18.2 Å². The van der Waals surface area contributed by atoms with E-state index in [1.54, 1.807) is 36.3 Å². The average molecular weight is 310 g/mol. The molecule has 0 saturated heterocycles. The van der Waals surface area contributed by atoms with Crippen molar-refractivity contribution in [3.63, 3.8) is 0 Å². The van der Waals surface area contributed by atoms with Crippen LogP contribution in [0.15, 0.2) is 45.8 Å². The van der Waals surface area contributed by atoms with E-state index < -0.39 is 0 Å². The molecular weight excluding hydrogens is 296 g/mol. The van der Waals surface area contributed by atoms with Crippen LogP contribution in [-0.2, 0) is 0 Å². The number of anilines is 1. The number of hydrazone groups is 1. The van der Waals surface area contributed by atoms with Crippen LogP contribution in [0, 0.1) is 22.7 Å². The van der Waals surface area contributed by atoms with Crippen LogP contribution in [-0.4, -0.2) is 29.2 Å². The van der Waals surface area contributed by atoms with Gasteiger partial charge in [0.25, 0.3) is 0 Å². The molecule has 0 unspecified atom stereocenters. The van der Waals surface area contributed by atoms with Gasteiger partial charge in [-0.15, -0.1) is 11.8 Å². The molecule has 0 spiro atoms. The van der Waals surface area contributed by atoms with Gasteiger partial charge in [-0.2, -0.15) is 15.6 Å². The van der Waals surface area contributed by atoms with Crippen molar-refractivity contribution in [1.82, 2.24) is 5.01 Å². The Kier molecular flexibility index (Phi) is 5.18. The van der Waals surface area contributed by atoms with Crippen LogP contribution in [0.2, 0.25) is 0 Å². The fourth-order valence-electron chi connectivity index (χ4n) is 1.94. The molecule has 1 heterocycles. The number of rotatable bonds is 3. The van der Waals surface area contributed by atoms with Gasteiger partial charge in [0.1, 0.15) is 29.2 Å². The number of hydrogen-bond donors (Lipinski definition) is 1. The topological polar surface area (TPSA) is 87.6 Å². The van der Waals surface area contributed by atoms with Crippen LogP contribution in [0.5, 0.6) is 0 Å². The number of thioether (sulfide) groups is 1. The molecule has 0 bridgehead atoms. The second-order valence-electron chi connectivity index (χ2n) is 4.24. The summed E-state index contributed by atoms with van der Waals surface area (Å²) in [6.45, 7) is 2.14. The molecule has 0 atom stereocenters. The Balaban J connectivity index is 2.45. The highest BCUT2D eigenvalue weighted by Crippen LogP contribution is 2.24. The van der Waals surface area contributed by atoms with Crippen LogP contribution < -0.4 is 5.32 Å². The molecule has 1 aromatic rings. The first-order valence-corrected chi connectivity index (χ1v) is 7.72. The minimum absolute atomic E-state index is 0.339. The van der Waals surface area contributed by atoms with Crippen molar-refractivity contribution in [3.8, 4) is 12.1 Å². The first-order valence-electron chi connectivity index (χ1n) is 6.50. The van der Waals surface area contributed by atoms with E-state index in [1.807, 2.05) is 12.3 Å². The Morgan fingerprint density at radius 1 is 1.41 bits per heavy atom. The minimum Gasteiger partial charge on any atom is -0.339 e. The molecule has 110 valence electrons. The summed E-state index contributed by atoms with van der Waals surface area (Å²) < 4.78 is 0. The summed E-state index contributed by atoms with van der Waals surface area (Å²) in [5, 5.41) is 28.1. The highest BCUT2D eigenvalue weighted by Gasteiger charge is 2.23. The van der Waals surface area contributed by atoms with Gasteiger partial charge in [0, 0.05) is 11.9 Å². The van der Waals surface area contributed by atoms with E-state index in [0.717, 1.165) is 5.69 Å². The molecule has 7 heteroatoms. The molecule has 6 nitrogen and oxygen atoms in total. The number of aliphatic imine (C=N–C) groups is 1. The van der Waals surface area contributed by atoms with E-state index in [2.05, 4.69) is 27.5 Å². The Morgan fingerprint density at radius 3 is 2.86 bits per heavy atom. The van der Waals surface area contributed by atoms with Gasteiger partial charge >= 0.3 is 0 Å². The summed E-state index contributed by atoms with van der Waals surface area (Å²) in [7, 11) is 0. The fourth-order valence-corrected chi connectivity index (χ4v) is 2.48. The molecule has 0 amide bonds. The largest absolute Gasteiger partial charge is 0.339 e. The predicted molar refractivity (Wildman–Crippen MR) is 89.2 cm³/mol. The lowest BCUT2D eigenvalue weighted by Crippen LogP contribution is -2.29. The van der Waals surface area contributed by atoms with Gasteiger partial charge in [-0.1, -0.05) is 6.07 Å². The van der Waals surface area contributed by atoms with Gasteiger partial charge in [-0.3, -0.25) is 4.99 Å². The van der Waals surface area contributed by atoms with Crippen molar-refractivity contribution in [2.24, 2.45) is 10.1 Å². The standard InChI is InChI=1S/C15H14N6S/c1-3-19-21-10-18-15(22-2)13(9-17)14(21)20-12-6-4-5-11(7-12)8-16/h3-7,20H,10H2,1-2H3/b19-3-. The van der Waals surface area contributed by atoms with Crippen molar-refractivity contribution in [3.05, 3.63) is 41.2 Å². The van der Waals surface area contributed by atoms with E-state index in [-0.39, 0.29) is 0 Å². The maximum absolute atomic E-state index is 9.45. The highest BCUT2D eigenvalue weighted by molar-refractivity contribution is 8.13. The molecule has 0 radical (unpaired) electrons. The number of nitriles is 2. The Morgan fingerprint density at radius 2 is 2.23 bits per heavy atom. The highest BCUT2D eigenvalue weighted by atomic mass is 32.2. The summed E-state index contributed by atoms with van der Waals surface area (Å²) in [6, 6.07) is 11.3. The zero-order valence-corrected chi connectivity index (χ0v) is 13.1. The molecule has 0 saturated carbocycles. The van der Waals surface area contributed by atoms with E-state index in [9.17, 15) is 5.26 Å². The molecule has 0 aliphatic carbocycles. The number of benzene rings is 1. The predicted octanol–water partition coefficient (Wildman–Crippen LogP) is 2.75. The summed E-state index contributed by atoms with van der Waals surface area (Å²) in [5.41, 5.74) is 1.70. The molecule has 0 fully saturated rings. The Bertz CT molecular complexity index is 735.